The summed E-state index contributed by atoms with van der Waals surface area (Å²) in [7, 11) is 3.40. The Bertz CT molecular complexity index is 466. The highest BCUT2D eigenvalue weighted by atomic mass is 79.9. The Hall–Kier alpha value is -0.780. The van der Waals surface area contributed by atoms with Gasteiger partial charge in [-0.2, -0.15) is 0 Å². The van der Waals surface area contributed by atoms with Crippen LogP contribution in [0, 0.1) is 0 Å². The number of hydrogen-bond acceptors (Lipinski definition) is 4. The van der Waals surface area contributed by atoms with Crippen LogP contribution < -0.4 is 15.2 Å². The number of nitrogens with two attached hydrogens (primary N) is 1. The Labute approximate surface area is 135 Å². The second-order valence-corrected chi connectivity index (χ2v) is 6.35. The first kappa shape index (κ1) is 16.6. The predicted molar refractivity (Wildman–Crippen MR) is 89.0 cm³/mol. The maximum absolute atomic E-state index is 5.76. The van der Waals surface area contributed by atoms with Crippen molar-refractivity contribution in [3.63, 3.8) is 0 Å². The van der Waals surface area contributed by atoms with E-state index in [0.29, 0.717) is 6.04 Å². The second kappa shape index (κ2) is 8.01. The molecular weight excluding hydrogens is 332 g/mol. The van der Waals surface area contributed by atoms with Crippen molar-refractivity contribution < 1.29 is 9.47 Å². The molecule has 0 spiro atoms. The van der Waals surface area contributed by atoms with Gasteiger partial charge in [0.1, 0.15) is 11.5 Å². The lowest BCUT2D eigenvalue weighted by atomic mass is 9.98. The fourth-order valence-electron chi connectivity index (χ4n) is 3.05. The highest BCUT2D eigenvalue weighted by Gasteiger charge is 2.23. The van der Waals surface area contributed by atoms with Crippen molar-refractivity contribution in [3.8, 4) is 11.5 Å². The maximum atomic E-state index is 5.76. The Balaban J connectivity index is 2.20. The Morgan fingerprint density at radius 1 is 1.24 bits per heavy atom. The van der Waals surface area contributed by atoms with Gasteiger partial charge >= 0.3 is 0 Å². The number of piperidine rings is 1. The highest BCUT2D eigenvalue weighted by Crippen LogP contribution is 2.34. The largest absolute Gasteiger partial charge is 0.496 e. The predicted octanol–water partition coefficient (Wildman–Crippen LogP) is 3.17. The molecule has 0 radical (unpaired) electrons. The van der Waals surface area contributed by atoms with E-state index in [0.717, 1.165) is 42.0 Å². The van der Waals surface area contributed by atoms with Crippen LogP contribution in [-0.4, -0.2) is 38.3 Å². The van der Waals surface area contributed by atoms with Gasteiger partial charge in [-0.3, -0.25) is 4.90 Å². The molecule has 2 N–H and O–H groups in total. The monoisotopic (exact) mass is 356 g/mol. The molecule has 4 nitrogen and oxygen atoms in total. The summed E-state index contributed by atoms with van der Waals surface area (Å²) in [6.45, 7) is 2.77. The van der Waals surface area contributed by atoms with Crippen LogP contribution in [0.2, 0.25) is 0 Å². The summed E-state index contributed by atoms with van der Waals surface area (Å²) in [5.41, 5.74) is 6.93. The molecule has 2 rings (SSSR count). The van der Waals surface area contributed by atoms with Gasteiger partial charge in [0.25, 0.3) is 0 Å². The summed E-state index contributed by atoms with van der Waals surface area (Å²) in [5, 5.41) is 0. The molecule has 0 bridgehead atoms. The number of halogens is 1. The topological polar surface area (TPSA) is 47.7 Å². The number of methoxy groups -OCH3 is 2. The van der Waals surface area contributed by atoms with Crippen molar-refractivity contribution in [2.45, 2.75) is 38.3 Å². The molecule has 1 heterocycles. The third kappa shape index (κ3) is 4.11. The average Bonchev–Trinajstić information content (AvgIpc) is 2.50. The van der Waals surface area contributed by atoms with E-state index in [1.54, 1.807) is 14.2 Å². The standard InChI is InChI=1S/C16H25BrN2O2/c1-20-15-10-14(17)16(21-2)9-12(15)11-19-8-4-3-5-13(19)6-7-18/h9-10,13H,3-8,11,18H2,1-2H3. The SMILES string of the molecule is COc1cc(CN2CCCCC2CCN)c(OC)cc1Br. The summed E-state index contributed by atoms with van der Waals surface area (Å²) >= 11 is 3.51. The van der Waals surface area contributed by atoms with Gasteiger partial charge in [0, 0.05) is 18.2 Å². The fourth-order valence-corrected chi connectivity index (χ4v) is 3.54. The first-order valence-corrected chi connectivity index (χ1v) is 8.33. The van der Waals surface area contributed by atoms with Gasteiger partial charge in [0.15, 0.2) is 0 Å². The third-order valence-electron chi connectivity index (χ3n) is 4.18. The summed E-state index contributed by atoms with van der Waals surface area (Å²) in [6, 6.07) is 4.63. The molecule has 1 fully saturated rings. The molecule has 0 aromatic heterocycles. The zero-order valence-corrected chi connectivity index (χ0v) is 14.5. The second-order valence-electron chi connectivity index (χ2n) is 5.50. The number of ether oxygens (including phenoxy) is 2. The summed E-state index contributed by atoms with van der Waals surface area (Å²) in [4.78, 5) is 2.53. The maximum Gasteiger partial charge on any atom is 0.133 e. The molecule has 5 heteroatoms. The molecule has 118 valence electrons. The lowest BCUT2D eigenvalue weighted by Crippen LogP contribution is -2.40. The molecule has 21 heavy (non-hydrogen) atoms. The zero-order valence-electron chi connectivity index (χ0n) is 12.9. The van der Waals surface area contributed by atoms with E-state index in [1.807, 2.05) is 6.07 Å². The lowest BCUT2D eigenvalue weighted by Gasteiger charge is -2.36. The van der Waals surface area contributed by atoms with Crippen LogP contribution in [-0.2, 0) is 6.54 Å². The van der Waals surface area contributed by atoms with Crippen LogP contribution in [0.5, 0.6) is 11.5 Å². The van der Waals surface area contributed by atoms with Gasteiger partial charge in [-0.25, -0.2) is 0 Å². The van der Waals surface area contributed by atoms with Crippen LogP contribution in [0.4, 0.5) is 0 Å². The highest BCUT2D eigenvalue weighted by molar-refractivity contribution is 9.10. The van der Waals surface area contributed by atoms with E-state index in [4.69, 9.17) is 15.2 Å². The molecule has 1 aliphatic heterocycles. The van der Waals surface area contributed by atoms with Crippen LogP contribution >= 0.6 is 15.9 Å². The number of likely N-dealkylation sites (tertiary alicyclic amines) is 1. The van der Waals surface area contributed by atoms with Crippen LogP contribution in [0.3, 0.4) is 0 Å². The van der Waals surface area contributed by atoms with Crippen molar-refractivity contribution in [2.75, 3.05) is 27.3 Å². The van der Waals surface area contributed by atoms with Crippen molar-refractivity contribution in [2.24, 2.45) is 5.73 Å². The quantitative estimate of drug-likeness (QED) is 0.850. The average molecular weight is 357 g/mol. The third-order valence-corrected chi connectivity index (χ3v) is 4.80. The molecule has 0 amide bonds. The van der Waals surface area contributed by atoms with Crippen molar-refractivity contribution in [3.05, 3.63) is 22.2 Å². The van der Waals surface area contributed by atoms with Gasteiger partial charge in [-0.15, -0.1) is 0 Å². The lowest BCUT2D eigenvalue weighted by molar-refractivity contribution is 0.132. The Morgan fingerprint density at radius 3 is 2.67 bits per heavy atom. The minimum absolute atomic E-state index is 0.586. The van der Waals surface area contributed by atoms with Crippen LogP contribution in [0.25, 0.3) is 0 Å². The summed E-state index contributed by atoms with van der Waals surface area (Å²) < 4.78 is 11.9. The molecule has 0 aliphatic carbocycles. The summed E-state index contributed by atoms with van der Waals surface area (Å²) in [6.07, 6.45) is 4.88. The van der Waals surface area contributed by atoms with Crippen molar-refractivity contribution in [1.29, 1.82) is 0 Å². The van der Waals surface area contributed by atoms with E-state index < -0.39 is 0 Å². The minimum Gasteiger partial charge on any atom is -0.496 e. The van der Waals surface area contributed by atoms with Gasteiger partial charge < -0.3 is 15.2 Å². The minimum atomic E-state index is 0.586. The van der Waals surface area contributed by atoms with Gasteiger partial charge in [0.2, 0.25) is 0 Å². The van der Waals surface area contributed by atoms with Crippen molar-refractivity contribution >= 4 is 15.9 Å². The zero-order chi connectivity index (χ0) is 15.2. The van der Waals surface area contributed by atoms with E-state index in [9.17, 15) is 0 Å². The molecule has 1 aliphatic rings. The molecule has 1 atom stereocenters. The number of benzene rings is 1. The Morgan fingerprint density at radius 2 is 2.00 bits per heavy atom. The number of rotatable bonds is 6. The van der Waals surface area contributed by atoms with Gasteiger partial charge in [-0.05, 0) is 60.4 Å². The van der Waals surface area contributed by atoms with Gasteiger partial charge in [-0.1, -0.05) is 6.42 Å². The first-order valence-electron chi connectivity index (χ1n) is 7.54. The normalized spacial score (nSPS) is 19.5. The van der Waals surface area contributed by atoms with Crippen molar-refractivity contribution in [1.82, 2.24) is 4.90 Å². The number of nitrogens with zero attached hydrogens (tertiary/aromatic N) is 1. The van der Waals surface area contributed by atoms with Crippen LogP contribution in [0.15, 0.2) is 16.6 Å². The molecular formula is C16H25BrN2O2. The van der Waals surface area contributed by atoms with E-state index in [-0.39, 0.29) is 0 Å². The van der Waals surface area contributed by atoms with E-state index >= 15 is 0 Å². The number of hydrogen-bond donors (Lipinski definition) is 1. The summed E-state index contributed by atoms with van der Waals surface area (Å²) in [5.74, 6) is 1.75. The van der Waals surface area contributed by atoms with Crippen LogP contribution in [0.1, 0.15) is 31.2 Å². The smallest absolute Gasteiger partial charge is 0.133 e. The Kier molecular flexibility index (Phi) is 6.33. The van der Waals surface area contributed by atoms with Gasteiger partial charge in [0.05, 0.1) is 18.7 Å². The molecule has 0 saturated carbocycles. The fraction of sp³-hybridized carbons (Fsp3) is 0.625. The molecule has 1 unspecified atom stereocenters. The van der Waals surface area contributed by atoms with E-state index in [2.05, 4.69) is 26.9 Å². The molecule has 1 saturated heterocycles. The molecule has 1 aromatic rings. The van der Waals surface area contributed by atoms with E-state index in [1.165, 1.54) is 24.8 Å². The first-order chi connectivity index (χ1) is 10.2. The molecule has 1 aromatic carbocycles.